The van der Waals surface area contributed by atoms with Gasteiger partial charge in [0, 0.05) is 6.42 Å². The highest BCUT2D eigenvalue weighted by molar-refractivity contribution is 7.48. The largest absolute Gasteiger partial charge is 0.474 e. The smallest absolute Gasteiger partial charge is 0.469 e. The molecule has 0 radical (unpaired) electrons. The number of phosphoric acid groups is 1. The van der Waals surface area contributed by atoms with Gasteiger partial charge in [0.05, 0.1) is 33.0 Å². The van der Waals surface area contributed by atoms with Gasteiger partial charge >= 0.3 is 13.8 Å². The van der Waals surface area contributed by atoms with Crippen molar-refractivity contribution in [1.29, 1.82) is 0 Å². The maximum absolute atomic E-state index is 12.3. The van der Waals surface area contributed by atoms with Crippen LogP contribution in [0, 0.1) is 0 Å². The van der Waals surface area contributed by atoms with Crippen molar-refractivity contribution >= 4 is 13.8 Å². The van der Waals surface area contributed by atoms with Crippen LogP contribution in [0.15, 0.2) is 0 Å². The van der Waals surface area contributed by atoms with Crippen LogP contribution >= 0.6 is 7.82 Å². The molecule has 0 aromatic heterocycles. The number of hydrogen-bond donors (Lipinski definition) is 1. The highest BCUT2D eigenvalue weighted by Gasteiger charge is 2.26. The Kier molecular flexibility index (Phi) is 11.9. The maximum atomic E-state index is 12.3. The summed E-state index contributed by atoms with van der Waals surface area (Å²) in [5.74, 6) is -0.352. The first-order valence-electron chi connectivity index (χ1n) is 7.22. The number of rotatable bonds is 13. The number of aliphatic hydroxyl groups excluding tert-OH is 1. The summed E-state index contributed by atoms with van der Waals surface area (Å²) in [5, 5.41) is 9.16. The van der Waals surface area contributed by atoms with Gasteiger partial charge in [-0.2, -0.15) is 0 Å². The summed E-state index contributed by atoms with van der Waals surface area (Å²) >= 11 is 0. The van der Waals surface area contributed by atoms with Crippen LogP contribution in [0.25, 0.3) is 0 Å². The summed E-state index contributed by atoms with van der Waals surface area (Å²) in [7, 11) is -2.33. The summed E-state index contributed by atoms with van der Waals surface area (Å²) in [6.07, 6.45) is 1.98. The Morgan fingerprint density at radius 1 is 1.14 bits per heavy atom. The SMILES string of the molecule is CCCCOP(=O)(OCCCC(=O)OC)OCCC(C)O. The van der Waals surface area contributed by atoms with Crippen molar-refractivity contribution in [2.24, 2.45) is 0 Å². The minimum atomic E-state index is -3.64. The van der Waals surface area contributed by atoms with Gasteiger partial charge < -0.3 is 9.84 Å². The van der Waals surface area contributed by atoms with Gasteiger partial charge in [0.2, 0.25) is 0 Å². The molecule has 0 rings (SSSR count). The maximum Gasteiger partial charge on any atom is 0.474 e. The van der Waals surface area contributed by atoms with Crippen molar-refractivity contribution in [3.8, 4) is 0 Å². The molecule has 0 fully saturated rings. The first kappa shape index (κ1) is 20.5. The fourth-order valence-electron chi connectivity index (χ4n) is 1.26. The Bertz CT molecular complexity index is 320. The zero-order chi connectivity index (χ0) is 16.1. The number of ether oxygens (including phenoxy) is 1. The molecule has 0 amide bonds. The van der Waals surface area contributed by atoms with E-state index in [1.54, 1.807) is 6.92 Å². The van der Waals surface area contributed by atoms with E-state index in [4.69, 9.17) is 18.7 Å². The van der Waals surface area contributed by atoms with Gasteiger partial charge in [-0.1, -0.05) is 13.3 Å². The van der Waals surface area contributed by atoms with E-state index in [2.05, 4.69) is 4.74 Å². The highest BCUT2D eigenvalue weighted by Crippen LogP contribution is 2.49. The second kappa shape index (κ2) is 12.1. The first-order valence-corrected chi connectivity index (χ1v) is 8.68. The number of methoxy groups -OCH3 is 1. The molecule has 0 saturated heterocycles. The zero-order valence-corrected chi connectivity index (χ0v) is 14.0. The van der Waals surface area contributed by atoms with Crippen molar-refractivity contribution in [2.75, 3.05) is 26.9 Å². The zero-order valence-electron chi connectivity index (χ0n) is 13.1. The van der Waals surface area contributed by atoms with Gasteiger partial charge in [-0.15, -0.1) is 0 Å². The lowest BCUT2D eigenvalue weighted by molar-refractivity contribution is -0.140. The topological polar surface area (TPSA) is 91.3 Å². The van der Waals surface area contributed by atoms with Crippen LogP contribution in [-0.4, -0.2) is 44.1 Å². The summed E-state index contributed by atoms with van der Waals surface area (Å²) in [6, 6.07) is 0. The fraction of sp³-hybridized carbons (Fsp3) is 0.923. The van der Waals surface area contributed by atoms with Crippen LogP contribution in [0.4, 0.5) is 0 Å². The van der Waals surface area contributed by atoms with E-state index in [1.165, 1.54) is 7.11 Å². The normalized spacial score (nSPS) is 15.4. The van der Waals surface area contributed by atoms with Crippen LogP contribution in [0.5, 0.6) is 0 Å². The number of unbranched alkanes of at least 4 members (excludes halogenated alkanes) is 1. The molecule has 0 spiro atoms. The number of aliphatic hydroxyl groups is 1. The second-order valence-corrected chi connectivity index (χ2v) is 6.29. The van der Waals surface area contributed by atoms with Gasteiger partial charge in [0.1, 0.15) is 0 Å². The van der Waals surface area contributed by atoms with Crippen molar-refractivity contribution in [2.45, 2.75) is 52.1 Å². The highest BCUT2D eigenvalue weighted by atomic mass is 31.2. The van der Waals surface area contributed by atoms with Crippen molar-refractivity contribution in [3.63, 3.8) is 0 Å². The molecule has 0 aromatic carbocycles. The molecule has 7 nitrogen and oxygen atoms in total. The van der Waals surface area contributed by atoms with Gasteiger partial charge in [-0.25, -0.2) is 4.57 Å². The number of hydrogen-bond acceptors (Lipinski definition) is 7. The lowest BCUT2D eigenvalue weighted by Gasteiger charge is -2.18. The summed E-state index contributed by atoms with van der Waals surface area (Å²) in [4.78, 5) is 11.0. The van der Waals surface area contributed by atoms with E-state index in [1.807, 2.05) is 6.92 Å². The van der Waals surface area contributed by atoms with E-state index in [0.717, 1.165) is 12.8 Å². The molecule has 0 aromatic rings. The van der Waals surface area contributed by atoms with Crippen LogP contribution in [0.2, 0.25) is 0 Å². The third-order valence-electron chi connectivity index (χ3n) is 2.53. The van der Waals surface area contributed by atoms with E-state index < -0.39 is 13.9 Å². The Morgan fingerprint density at radius 2 is 1.71 bits per heavy atom. The quantitative estimate of drug-likeness (QED) is 0.316. The Balaban J connectivity index is 4.16. The summed E-state index contributed by atoms with van der Waals surface area (Å²) < 4.78 is 32.3. The molecule has 2 unspecified atom stereocenters. The summed E-state index contributed by atoms with van der Waals surface area (Å²) in [5.41, 5.74) is 0. The van der Waals surface area contributed by atoms with Gasteiger partial charge in [0.25, 0.3) is 0 Å². The molecule has 0 aliphatic rings. The van der Waals surface area contributed by atoms with E-state index in [9.17, 15) is 9.36 Å². The average molecular weight is 326 g/mol. The lowest BCUT2D eigenvalue weighted by Crippen LogP contribution is -2.09. The third-order valence-corrected chi connectivity index (χ3v) is 4.03. The van der Waals surface area contributed by atoms with Crippen LogP contribution in [0.3, 0.4) is 0 Å². The Hall–Kier alpha value is -0.460. The Morgan fingerprint density at radius 3 is 2.24 bits per heavy atom. The number of esters is 1. The minimum Gasteiger partial charge on any atom is -0.469 e. The predicted octanol–water partition coefficient (Wildman–Crippen LogP) is 2.67. The number of carbonyl (C=O) groups is 1. The molecular formula is C13H27O7P. The third kappa shape index (κ3) is 11.8. The lowest BCUT2D eigenvalue weighted by atomic mass is 10.3. The molecule has 2 atom stereocenters. The standard InChI is InChI=1S/C13H27O7P/c1-4-5-9-18-21(16,20-11-8-12(2)14)19-10-6-7-13(15)17-3/h12,14H,4-11H2,1-3H3. The molecule has 8 heteroatoms. The van der Waals surface area contributed by atoms with E-state index >= 15 is 0 Å². The van der Waals surface area contributed by atoms with Crippen LogP contribution < -0.4 is 0 Å². The monoisotopic (exact) mass is 326 g/mol. The van der Waals surface area contributed by atoms with Crippen molar-refractivity contribution < 1.29 is 32.8 Å². The van der Waals surface area contributed by atoms with Crippen molar-refractivity contribution in [3.05, 3.63) is 0 Å². The molecule has 0 saturated carbocycles. The molecule has 126 valence electrons. The molecule has 1 N–H and O–H groups in total. The van der Waals surface area contributed by atoms with Gasteiger partial charge in [-0.05, 0) is 26.2 Å². The molecule has 21 heavy (non-hydrogen) atoms. The predicted molar refractivity (Wildman–Crippen MR) is 77.9 cm³/mol. The average Bonchev–Trinajstić information content (AvgIpc) is 2.43. The fourth-order valence-corrected chi connectivity index (χ4v) is 2.52. The molecule has 0 aliphatic heterocycles. The Labute approximate surface area is 126 Å². The van der Waals surface area contributed by atoms with Crippen molar-refractivity contribution in [1.82, 2.24) is 0 Å². The van der Waals surface area contributed by atoms with Crippen LogP contribution in [-0.2, 0) is 27.7 Å². The van der Waals surface area contributed by atoms with Crippen LogP contribution in [0.1, 0.15) is 46.0 Å². The van der Waals surface area contributed by atoms with Gasteiger partial charge in [-0.3, -0.25) is 18.4 Å². The molecule has 0 aliphatic carbocycles. The summed E-state index contributed by atoms with van der Waals surface area (Å²) in [6.45, 7) is 4.04. The van der Waals surface area contributed by atoms with E-state index in [-0.39, 0.29) is 32.2 Å². The van der Waals surface area contributed by atoms with E-state index in [0.29, 0.717) is 12.8 Å². The number of carbonyl (C=O) groups excluding carboxylic acids is 1. The molecular weight excluding hydrogens is 299 g/mol. The minimum absolute atomic E-state index is 0.0766. The van der Waals surface area contributed by atoms with Gasteiger partial charge in [0.15, 0.2) is 0 Å². The second-order valence-electron chi connectivity index (χ2n) is 4.62. The molecule has 0 bridgehead atoms. The number of phosphoric ester groups is 1. The molecule has 0 heterocycles. The first-order chi connectivity index (χ1) is 9.93.